The topological polar surface area (TPSA) is 57.5 Å². The second-order valence-corrected chi connectivity index (χ2v) is 6.00. The van der Waals surface area contributed by atoms with Gasteiger partial charge in [-0.3, -0.25) is 4.79 Å². The summed E-state index contributed by atoms with van der Waals surface area (Å²) in [5.41, 5.74) is 0.752. The van der Waals surface area contributed by atoms with E-state index in [1.165, 1.54) is 12.2 Å². The summed E-state index contributed by atoms with van der Waals surface area (Å²) in [7, 11) is 0. The Labute approximate surface area is 141 Å². The molecule has 3 aromatic rings. The van der Waals surface area contributed by atoms with Gasteiger partial charge in [-0.05, 0) is 41.8 Å². The molecule has 0 atom stereocenters. The zero-order valence-electron chi connectivity index (χ0n) is 12.0. The Bertz CT molecular complexity index is 929. The van der Waals surface area contributed by atoms with Gasteiger partial charge in [0.1, 0.15) is 11.5 Å². The van der Waals surface area contributed by atoms with Crippen molar-refractivity contribution in [1.82, 2.24) is 0 Å². The van der Waals surface area contributed by atoms with Crippen LogP contribution in [-0.4, -0.2) is 16.0 Å². The van der Waals surface area contributed by atoms with Crippen molar-refractivity contribution in [3.05, 3.63) is 76.3 Å². The third kappa shape index (κ3) is 3.12. The Morgan fingerprint density at radius 1 is 1.00 bits per heavy atom. The number of hydrogen-bond donors (Lipinski definition) is 2. The summed E-state index contributed by atoms with van der Waals surface area (Å²) in [5.74, 6) is -0.274. The van der Waals surface area contributed by atoms with Crippen LogP contribution in [0.1, 0.15) is 15.9 Å². The second kappa shape index (κ2) is 6.26. The predicted octanol–water partition coefficient (Wildman–Crippen LogP) is 4.91. The van der Waals surface area contributed by atoms with Gasteiger partial charge in [0.2, 0.25) is 0 Å². The lowest BCUT2D eigenvalue weighted by Gasteiger charge is -2.05. The minimum Gasteiger partial charge on any atom is -0.507 e. The van der Waals surface area contributed by atoms with Gasteiger partial charge in [0.05, 0.1) is 5.56 Å². The molecule has 0 aliphatic rings. The molecule has 3 nitrogen and oxygen atoms in total. The van der Waals surface area contributed by atoms with E-state index in [2.05, 4.69) is 15.9 Å². The average molecular weight is 369 g/mol. The van der Waals surface area contributed by atoms with Crippen LogP contribution in [0.4, 0.5) is 0 Å². The highest BCUT2D eigenvalue weighted by Crippen LogP contribution is 2.29. The number of phenolic OH excluding ortho intramolecular Hbond substituents is 2. The Balaban J connectivity index is 1.96. The third-order valence-electron chi connectivity index (χ3n) is 3.57. The van der Waals surface area contributed by atoms with Crippen LogP contribution in [-0.2, 0) is 0 Å². The maximum atomic E-state index is 12.3. The number of benzene rings is 3. The Morgan fingerprint density at radius 3 is 2.61 bits per heavy atom. The number of hydrogen-bond acceptors (Lipinski definition) is 3. The van der Waals surface area contributed by atoms with Gasteiger partial charge in [0, 0.05) is 15.4 Å². The molecule has 4 heteroatoms. The number of carbonyl (C=O) groups excluding carboxylic acids is 1. The van der Waals surface area contributed by atoms with Gasteiger partial charge < -0.3 is 10.2 Å². The first-order valence-electron chi connectivity index (χ1n) is 6.98. The van der Waals surface area contributed by atoms with Crippen LogP contribution in [0.5, 0.6) is 11.5 Å². The Hall–Kier alpha value is -2.59. The van der Waals surface area contributed by atoms with Crippen molar-refractivity contribution in [3.63, 3.8) is 0 Å². The van der Waals surface area contributed by atoms with Gasteiger partial charge in [0.15, 0.2) is 5.78 Å². The third-order valence-corrected chi connectivity index (χ3v) is 4.06. The molecule has 0 aliphatic carbocycles. The summed E-state index contributed by atoms with van der Waals surface area (Å²) in [5, 5.41) is 21.6. The van der Waals surface area contributed by atoms with E-state index in [0.717, 1.165) is 9.86 Å². The predicted molar refractivity (Wildman–Crippen MR) is 94.8 cm³/mol. The van der Waals surface area contributed by atoms with Crippen LogP contribution in [0.2, 0.25) is 0 Å². The van der Waals surface area contributed by atoms with E-state index in [-0.39, 0.29) is 22.8 Å². The van der Waals surface area contributed by atoms with Crippen LogP contribution in [0, 0.1) is 0 Å². The van der Waals surface area contributed by atoms with Gasteiger partial charge in [-0.2, -0.15) is 0 Å². The van der Waals surface area contributed by atoms with Crippen molar-refractivity contribution in [3.8, 4) is 11.5 Å². The standard InChI is InChI=1S/C19H13BrO3/c20-14-7-10-17(21)13(11-14)6-9-18(22)16-8-5-12-3-1-2-4-15(12)19(16)23/h1-11,21,23H. The normalized spacial score (nSPS) is 11.2. The minimum atomic E-state index is -0.326. The van der Waals surface area contributed by atoms with Crippen molar-refractivity contribution >= 4 is 38.6 Å². The lowest BCUT2D eigenvalue weighted by atomic mass is 10.0. The lowest BCUT2D eigenvalue weighted by Crippen LogP contribution is -1.95. The van der Waals surface area contributed by atoms with Crippen LogP contribution in [0.25, 0.3) is 16.8 Å². The molecule has 0 amide bonds. The molecule has 0 spiro atoms. The van der Waals surface area contributed by atoms with Crippen LogP contribution < -0.4 is 0 Å². The maximum Gasteiger partial charge on any atom is 0.189 e. The fourth-order valence-electron chi connectivity index (χ4n) is 2.37. The summed E-state index contributed by atoms with van der Waals surface area (Å²) in [6.07, 6.45) is 2.86. The number of halogens is 1. The molecule has 0 aliphatic heterocycles. The van der Waals surface area contributed by atoms with E-state index < -0.39 is 0 Å². The largest absolute Gasteiger partial charge is 0.507 e. The number of fused-ring (bicyclic) bond motifs is 1. The SMILES string of the molecule is O=C(C=Cc1cc(Br)ccc1O)c1ccc2ccccc2c1O. The molecule has 0 saturated heterocycles. The van der Waals surface area contributed by atoms with E-state index in [1.807, 2.05) is 18.2 Å². The molecule has 114 valence electrons. The zero-order chi connectivity index (χ0) is 16.4. The molecule has 23 heavy (non-hydrogen) atoms. The first-order valence-corrected chi connectivity index (χ1v) is 7.77. The molecule has 0 bridgehead atoms. The van der Waals surface area contributed by atoms with E-state index in [0.29, 0.717) is 10.9 Å². The Morgan fingerprint density at radius 2 is 1.78 bits per heavy atom. The molecule has 0 fully saturated rings. The van der Waals surface area contributed by atoms with Crippen molar-refractivity contribution in [2.24, 2.45) is 0 Å². The fraction of sp³-hybridized carbons (Fsp3) is 0. The monoisotopic (exact) mass is 368 g/mol. The van der Waals surface area contributed by atoms with Gasteiger partial charge in [-0.15, -0.1) is 0 Å². The summed E-state index contributed by atoms with van der Waals surface area (Å²) in [6, 6.07) is 15.7. The number of ketones is 1. The van der Waals surface area contributed by atoms with Crippen LogP contribution in [0.15, 0.2) is 65.1 Å². The van der Waals surface area contributed by atoms with E-state index in [4.69, 9.17) is 0 Å². The minimum absolute atomic E-state index is 0.0313. The maximum absolute atomic E-state index is 12.3. The quantitative estimate of drug-likeness (QED) is 0.510. The number of carbonyl (C=O) groups is 1. The number of allylic oxidation sites excluding steroid dienone is 1. The van der Waals surface area contributed by atoms with Crippen molar-refractivity contribution in [2.75, 3.05) is 0 Å². The number of phenols is 2. The average Bonchev–Trinajstić information content (AvgIpc) is 2.56. The molecular formula is C19H13BrO3. The first kappa shape index (κ1) is 15.3. The summed E-state index contributed by atoms with van der Waals surface area (Å²) >= 11 is 3.32. The zero-order valence-corrected chi connectivity index (χ0v) is 13.6. The van der Waals surface area contributed by atoms with E-state index in [9.17, 15) is 15.0 Å². The summed E-state index contributed by atoms with van der Waals surface area (Å²) in [6.45, 7) is 0. The van der Waals surface area contributed by atoms with Crippen LogP contribution >= 0.6 is 15.9 Å². The molecule has 0 heterocycles. The Kier molecular flexibility index (Phi) is 4.17. The first-order chi connectivity index (χ1) is 11.1. The summed E-state index contributed by atoms with van der Waals surface area (Å²) in [4.78, 5) is 12.3. The highest BCUT2D eigenvalue weighted by molar-refractivity contribution is 9.10. The molecule has 0 aromatic heterocycles. The molecular weight excluding hydrogens is 356 g/mol. The second-order valence-electron chi connectivity index (χ2n) is 5.08. The summed E-state index contributed by atoms with van der Waals surface area (Å²) < 4.78 is 0.802. The number of rotatable bonds is 3. The molecule has 3 rings (SSSR count). The highest BCUT2D eigenvalue weighted by atomic mass is 79.9. The molecule has 3 aromatic carbocycles. The highest BCUT2D eigenvalue weighted by Gasteiger charge is 2.11. The molecule has 0 unspecified atom stereocenters. The van der Waals surface area contributed by atoms with Gasteiger partial charge in [-0.1, -0.05) is 46.3 Å². The van der Waals surface area contributed by atoms with Crippen molar-refractivity contribution < 1.29 is 15.0 Å². The van der Waals surface area contributed by atoms with Crippen molar-refractivity contribution in [2.45, 2.75) is 0 Å². The fourth-order valence-corrected chi connectivity index (χ4v) is 2.75. The van der Waals surface area contributed by atoms with Gasteiger partial charge in [-0.25, -0.2) is 0 Å². The lowest BCUT2D eigenvalue weighted by molar-refractivity contribution is 0.104. The smallest absolute Gasteiger partial charge is 0.189 e. The van der Waals surface area contributed by atoms with E-state index in [1.54, 1.807) is 36.4 Å². The molecule has 2 N–H and O–H groups in total. The van der Waals surface area contributed by atoms with Gasteiger partial charge >= 0.3 is 0 Å². The van der Waals surface area contributed by atoms with E-state index >= 15 is 0 Å². The van der Waals surface area contributed by atoms with Crippen molar-refractivity contribution in [1.29, 1.82) is 0 Å². The molecule has 0 saturated carbocycles. The van der Waals surface area contributed by atoms with Gasteiger partial charge in [0.25, 0.3) is 0 Å². The molecule has 0 radical (unpaired) electrons. The number of aromatic hydroxyl groups is 2. The van der Waals surface area contributed by atoms with Crippen LogP contribution in [0.3, 0.4) is 0 Å².